The maximum absolute atomic E-state index is 5.83. The number of ether oxygens (including phenoxy) is 2. The topological polar surface area (TPSA) is 33.7 Å². The standard InChI is InChI=1S/C16H26N2O2/c1-14(2)20-16-6-4-3-5-15(16)13-17-7-8-18-9-11-19-12-10-18/h3-6,14,17H,7-13H2,1-2H3. The molecule has 0 radical (unpaired) electrons. The first-order valence-corrected chi connectivity index (χ1v) is 7.51. The molecule has 1 aromatic carbocycles. The molecule has 0 spiro atoms. The molecule has 4 heteroatoms. The van der Waals surface area contributed by atoms with Crippen molar-refractivity contribution in [3.63, 3.8) is 0 Å². The maximum atomic E-state index is 5.83. The summed E-state index contributed by atoms with van der Waals surface area (Å²) in [5.41, 5.74) is 1.23. The quantitative estimate of drug-likeness (QED) is 0.772. The van der Waals surface area contributed by atoms with Crippen LogP contribution >= 0.6 is 0 Å². The molecule has 0 atom stereocenters. The highest BCUT2D eigenvalue weighted by molar-refractivity contribution is 5.33. The summed E-state index contributed by atoms with van der Waals surface area (Å²) in [4.78, 5) is 2.44. The summed E-state index contributed by atoms with van der Waals surface area (Å²) in [6, 6.07) is 8.25. The van der Waals surface area contributed by atoms with E-state index in [1.165, 1.54) is 5.56 Å². The van der Waals surface area contributed by atoms with Gasteiger partial charge in [-0.15, -0.1) is 0 Å². The fraction of sp³-hybridized carbons (Fsp3) is 0.625. The first-order valence-electron chi connectivity index (χ1n) is 7.51. The second kappa shape index (κ2) is 8.25. The number of hydrogen-bond donors (Lipinski definition) is 1. The molecule has 0 bridgehead atoms. The fourth-order valence-corrected chi connectivity index (χ4v) is 2.30. The molecule has 1 heterocycles. The van der Waals surface area contributed by atoms with Crippen molar-refractivity contribution in [1.29, 1.82) is 0 Å². The van der Waals surface area contributed by atoms with Crippen molar-refractivity contribution in [2.75, 3.05) is 39.4 Å². The highest BCUT2D eigenvalue weighted by atomic mass is 16.5. The molecule has 0 aliphatic carbocycles. The Labute approximate surface area is 122 Å². The van der Waals surface area contributed by atoms with Gasteiger partial charge in [0.2, 0.25) is 0 Å². The van der Waals surface area contributed by atoms with Gasteiger partial charge in [-0.2, -0.15) is 0 Å². The molecular weight excluding hydrogens is 252 g/mol. The summed E-state index contributed by atoms with van der Waals surface area (Å²) in [5, 5.41) is 3.50. The number of morpholine rings is 1. The fourth-order valence-electron chi connectivity index (χ4n) is 2.30. The van der Waals surface area contributed by atoms with Gasteiger partial charge in [-0.1, -0.05) is 18.2 Å². The average molecular weight is 278 g/mol. The van der Waals surface area contributed by atoms with E-state index in [1.807, 2.05) is 12.1 Å². The van der Waals surface area contributed by atoms with Crippen LogP contribution in [-0.4, -0.2) is 50.4 Å². The number of hydrogen-bond acceptors (Lipinski definition) is 4. The van der Waals surface area contributed by atoms with Gasteiger partial charge in [0.05, 0.1) is 19.3 Å². The molecule has 1 fully saturated rings. The first-order chi connectivity index (χ1) is 9.75. The van der Waals surface area contributed by atoms with E-state index in [2.05, 4.69) is 36.2 Å². The van der Waals surface area contributed by atoms with Gasteiger partial charge in [0, 0.05) is 38.3 Å². The van der Waals surface area contributed by atoms with Crippen molar-refractivity contribution in [2.45, 2.75) is 26.5 Å². The van der Waals surface area contributed by atoms with E-state index in [1.54, 1.807) is 0 Å². The Morgan fingerprint density at radius 2 is 2.00 bits per heavy atom. The Balaban J connectivity index is 1.73. The summed E-state index contributed by atoms with van der Waals surface area (Å²) in [6.07, 6.45) is 0.212. The molecule has 20 heavy (non-hydrogen) atoms. The number of rotatable bonds is 7. The Bertz CT molecular complexity index is 390. The number of benzene rings is 1. The van der Waals surface area contributed by atoms with E-state index in [9.17, 15) is 0 Å². The third kappa shape index (κ3) is 5.12. The highest BCUT2D eigenvalue weighted by Gasteiger charge is 2.09. The lowest BCUT2D eigenvalue weighted by atomic mass is 10.2. The molecule has 0 saturated carbocycles. The molecule has 4 nitrogen and oxygen atoms in total. The van der Waals surface area contributed by atoms with Crippen molar-refractivity contribution in [2.24, 2.45) is 0 Å². The monoisotopic (exact) mass is 278 g/mol. The Hall–Kier alpha value is -1.10. The van der Waals surface area contributed by atoms with Gasteiger partial charge in [-0.05, 0) is 19.9 Å². The lowest BCUT2D eigenvalue weighted by Crippen LogP contribution is -2.40. The van der Waals surface area contributed by atoms with E-state index in [4.69, 9.17) is 9.47 Å². The van der Waals surface area contributed by atoms with Gasteiger partial charge in [-0.3, -0.25) is 4.90 Å². The molecule has 0 unspecified atom stereocenters. The van der Waals surface area contributed by atoms with Gasteiger partial charge < -0.3 is 14.8 Å². The Morgan fingerprint density at radius 1 is 1.25 bits per heavy atom. The van der Waals surface area contributed by atoms with Crippen molar-refractivity contribution in [3.8, 4) is 5.75 Å². The van der Waals surface area contributed by atoms with Gasteiger partial charge >= 0.3 is 0 Å². The number of nitrogens with zero attached hydrogens (tertiary/aromatic N) is 1. The van der Waals surface area contributed by atoms with Crippen molar-refractivity contribution < 1.29 is 9.47 Å². The van der Waals surface area contributed by atoms with Crippen LogP contribution in [0.5, 0.6) is 5.75 Å². The first kappa shape index (κ1) is 15.3. The molecule has 2 rings (SSSR count). The Kier molecular flexibility index (Phi) is 6.30. The van der Waals surface area contributed by atoms with Crippen molar-refractivity contribution >= 4 is 0 Å². The van der Waals surface area contributed by atoms with Crippen LogP contribution in [0.1, 0.15) is 19.4 Å². The maximum Gasteiger partial charge on any atom is 0.124 e. The summed E-state index contributed by atoms with van der Waals surface area (Å²) < 4.78 is 11.2. The molecule has 1 N–H and O–H groups in total. The van der Waals surface area contributed by atoms with Crippen LogP contribution in [0.2, 0.25) is 0 Å². The number of para-hydroxylation sites is 1. The van der Waals surface area contributed by atoms with E-state index in [-0.39, 0.29) is 6.10 Å². The van der Waals surface area contributed by atoms with E-state index in [0.29, 0.717) is 0 Å². The van der Waals surface area contributed by atoms with Crippen LogP contribution < -0.4 is 10.1 Å². The minimum Gasteiger partial charge on any atom is -0.491 e. The second-order valence-corrected chi connectivity index (χ2v) is 5.41. The van der Waals surface area contributed by atoms with Crippen LogP contribution in [0.4, 0.5) is 0 Å². The van der Waals surface area contributed by atoms with Gasteiger partial charge in [0.15, 0.2) is 0 Å². The minimum absolute atomic E-state index is 0.212. The predicted octanol–water partition coefficient (Wildman–Crippen LogP) is 1.90. The van der Waals surface area contributed by atoms with Crippen LogP contribution in [0.3, 0.4) is 0 Å². The molecule has 0 amide bonds. The van der Waals surface area contributed by atoms with Gasteiger partial charge in [0.25, 0.3) is 0 Å². The van der Waals surface area contributed by atoms with E-state index < -0.39 is 0 Å². The molecule has 1 aromatic rings. The summed E-state index contributed by atoms with van der Waals surface area (Å²) >= 11 is 0. The Morgan fingerprint density at radius 3 is 2.75 bits per heavy atom. The molecule has 1 aliphatic heterocycles. The molecule has 112 valence electrons. The summed E-state index contributed by atoms with van der Waals surface area (Å²) in [6.45, 7) is 10.9. The van der Waals surface area contributed by atoms with Crippen LogP contribution in [0.15, 0.2) is 24.3 Å². The molecule has 0 aromatic heterocycles. The smallest absolute Gasteiger partial charge is 0.124 e. The minimum atomic E-state index is 0.212. The van der Waals surface area contributed by atoms with E-state index >= 15 is 0 Å². The lowest BCUT2D eigenvalue weighted by Gasteiger charge is -2.26. The molecule has 1 saturated heterocycles. The van der Waals surface area contributed by atoms with Crippen LogP contribution in [0.25, 0.3) is 0 Å². The zero-order chi connectivity index (χ0) is 14.2. The number of nitrogens with one attached hydrogen (secondary N) is 1. The van der Waals surface area contributed by atoms with Gasteiger partial charge in [-0.25, -0.2) is 0 Å². The largest absolute Gasteiger partial charge is 0.491 e. The van der Waals surface area contributed by atoms with E-state index in [0.717, 1.165) is 51.7 Å². The third-order valence-corrected chi connectivity index (χ3v) is 3.36. The third-order valence-electron chi connectivity index (χ3n) is 3.36. The van der Waals surface area contributed by atoms with Crippen LogP contribution in [0, 0.1) is 0 Å². The average Bonchev–Trinajstić information content (AvgIpc) is 2.46. The zero-order valence-corrected chi connectivity index (χ0v) is 12.6. The SMILES string of the molecule is CC(C)Oc1ccccc1CNCCN1CCOCC1. The van der Waals surface area contributed by atoms with Crippen molar-refractivity contribution in [3.05, 3.63) is 29.8 Å². The van der Waals surface area contributed by atoms with Gasteiger partial charge in [0.1, 0.15) is 5.75 Å². The normalized spacial score (nSPS) is 16.6. The summed E-state index contributed by atoms with van der Waals surface area (Å²) in [7, 11) is 0. The highest BCUT2D eigenvalue weighted by Crippen LogP contribution is 2.18. The zero-order valence-electron chi connectivity index (χ0n) is 12.6. The predicted molar refractivity (Wildman–Crippen MR) is 81.2 cm³/mol. The lowest BCUT2D eigenvalue weighted by molar-refractivity contribution is 0.0384. The van der Waals surface area contributed by atoms with Crippen LogP contribution in [-0.2, 0) is 11.3 Å². The molecular formula is C16H26N2O2. The van der Waals surface area contributed by atoms with Crippen molar-refractivity contribution in [1.82, 2.24) is 10.2 Å². The second-order valence-electron chi connectivity index (χ2n) is 5.41. The molecule has 1 aliphatic rings. The summed E-state index contributed by atoms with van der Waals surface area (Å²) in [5.74, 6) is 0.987.